The SMILES string of the molecule is Cc1cccc(C)c1OC1CN(C(=O)[C@@H](N)Cc2cnc[nH]2)C1. The summed E-state index contributed by atoms with van der Waals surface area (Å²) in [5, 5.41) is 0. The quantitative estimate of drug-likeness (QED) is 0.868. The Morgan fingerprint density at radius 1 is 1.43 bits per heavy atom. The molecule has 6 nitrogen and oxygen atoms in total. The maximum absolute atomic E-state index is 12.3. The van der Waals surface area contributed by atoms with Gasteiger partial charge in [-0.15, -0.1) is 0 Å². The van der Waals surface area contributed by atoms with Crippen molar-refractivity contribution in [1.82, 2.24) is 14.9 Å². The van der Waals surface area contributed by atoms with Gasteiger partial charge in [-0.3, -0.25) is 4.79 Å². The summed E-state index contributed by atoms with van der Waals surface area (Å²) < 4.78 is 6.03. The molecule has 0 aliphatic carbocycles. The molecule has 0 unspecified atom stereocenters. The van der Waals surface area contributed by atoms with E-state index in [0.717, 1.165) is 22.6 Å². The highest BCUT2D eigenvalue weighted by atomic mass is 16.5. The molecule has 2 heterocycles. The van der Waals surface area contributed by atoms with Gasteiger partial charge in [0, 0.05) is 18.3 Å². The van der Waals surface area contributed by atoms with Crippen molar-refractivity contribution in [2.75, 3.05) is 13.1 Å². The van der Waals surface area contributed by atoms with Crippen molar-refractivity contribution in [3.05, 3.63) is 47.5 Å². The summed E-state index contributed by atoms with van der Waals surface area (Å²) in [4.78, 5) is 20.9. The van der Waals surface area contributed by atoms with Crippen LogP contribution in [-0.2, 0) is 11.2 Å². The Labute approximate surface area is 135 Å². The molecule has 3 rings (SSSR count). The van der Waals surface area contributed by atoms with Gasteiger partial charge in [0.15, 0.2) is 0 Å². The highest BCUT2D eigenvalue weighted by Gasteiger charge is 2.35. The van der Waals surface area contributed by atoms with Crippen molar-refractivity contribution in [3.8, 4) is 5.75 Å². The highest BCUT2D eigenvalue weighted by molar-refractivity contribution is 5.82. The minimum absolute atomic E-state index is 0.0399. The Kier molecular flexibility index (Phi) is 4.34. The number of hydrogen-bond donors (Lipinski definition) is 2. The van der Waals surface area contributed by atoms with Crippen molar-refractivity contribution in [1.29, 1.82) is 0 Å². The van der Waals surface area contributed by atoms with E-state index in [9.17, 15) is 4.79 Å². The molecular formula is C17H22N4O2. The lowest BCUT2D eigenvalue weighted by Crippen LogP contribution is -2.60. The van der Waals surface area contributed by atoms with Gasteiger partial charge in [-0.2, -0.15) is 0 Å². The van der Waals surface area contributed by atoms with Gasteiger partial charge < -0.3 is 20.4 Å². The first-order valence-electron chi connectivity index (χ1n) is 7.79. The first kappa shape index (κ1) is 15.6. The Bertz CT molecular complexity index is 658. The van der Waals surface area contributed by atoms with E-state index < -0.39 is 6.04 Å². The van der Waals surface area contributed by atoms with E-state index in [1.54, 1.807) is 17.4 Å². The molecule has 1 aromatic heterocycles. The molecule has 1 aliphatic rings. The first-order valence-corrected chi connectivity index (χ1v) is 7.79. The zero-order valence-corrected chi connectivity index (χ0v) is 13.5. The Hall–Kier alpha value is -2.34. The highest BCUT2D eigenvalue weighted by Crippen LogP contribution is 2.26. The van der Waals surface area contributed by atoms with Crippen LogP contribution in [0.25, 0.3) is 0 Å². The fourth-order valence-electron chi connectivity index (χ4n) is 2.80. The summed E-state index contributed by atoms with van der Waals surface area (Å²) in [6.45, 7) is 5.24. The Balaban J connectivity index is 1.51. The molecule has 0 saturated carbocycles. The third kappa shape index (κ3) is 3.37. The van der Waals surface area contributed by atoms with Gasteiger partial charge in [-0.05, 0) is 25.0 Å². The summed E-state index contributed by atoms with van der Waals surface area (Å²) in [5.41, 5.74) is 9.09. The average Bonchev–Trinajstić information content (AvgIpc) is 2.97. The molecule has 1 aliphatic heterocycles. The van der Waals surface area contributed by atoms with Gasteiger partial charge in [0.25, 0.3) is 0 Å². The number of nitrogens with two attached hydrogens (primary N) is 1. The normalized spacial score (nSPS) is 16.0. The van der Waals surface area contributed by atoms with Crippen molar-refractivity contribution in [2.45, 2.75) is 32.4 Å². The Morgan fingerprint density at radius 2 is 2.13 bits per heavy atom. The van der Waals surface area contributed by atoms with Crippen molar-refractivity contribution >= 4 is 5.91 Å². The first-order chi connectivity index (χ1) is 11.0. The predicted octanol–water partition coefficient (Wildman–Crippen LogP) is 1.19. The maximum atomic E-state index is 12.3. The van der Waals surface area contributed by atoms with Crippen LogP contribution in [0.4, 0.5) is 0 Å². The molecule has 1 saturated heterocycles. The van der Waals surface area contributed by atoms with Crippen LogP contribution in [0.5, 0.6) is 5.75 Å². The van der Waals surface area contributed by atoms with Crippen molar-refractivity contribution < 1.29 is 9.53 Å². The average molecular weight is 314 g/mol. The molecule has 2 aromatic rings. The van der Waals surface area contributed by atoms with Crippen LogP contribution < -0.4 is 10.5 Å². The van der Waals surface area contributed by atoms with E-state index >= 15 is 0 Å². The molecule has 122 valence electrons. The van der Waals surface area contributed by atoms with E-state index in [1.807, 2.05) is 32.0 Å². The number of likely N-dealkylation sites (tertiary alicyclic amines) is 1. The number of rotatable bonds is 5. The lowest BCUT2D eigenvalue weighted by Gasteiger charge is -2.40. The van der Waals surface area contributed by atoms with Gasteiger partial charge in [0.1, 0.15) is 11.9 Å². The molecule has 0 radical (unpaired) electrons. The second-order valence-corrected chi connectivity index (χ2v) is 6.09. The topological polar surface area (TPSA) is 84.2 Å². The molecule has 1 amide bonds. The summed E-state index contributed by atoms with van der Waals surface area (Å²) in [6, 6.07) is 5.54. The van der Waals surface area contributed by atoms with E-state index in [0.29, 0.717) is 19.5 Å². The van der Waals surface area contributed by atoms with Gasteiger partial charge in [0.2, 0.25) is 5.91 Å². The third-order valence-electron chi connectivity index (χ3n) is 4.16. The standard InChI is InChI=1S/C17H22N4O2/c1-11-4-3-5-12(2)16(11)23-14-8-21(9-14)17(22)15(18)6-13-7-19-10-20-13/h3-5,7,10,14-15H,6,8-9,18H2,1-2H3,(H,19,20)/t15-/m0/s1. The molecule has 1 fully saturated rings. The summed E-state index contributed by atoms with van der Waals surface area (Å²) in [7, 11) is 0. The fourth-order valence-corrected chi connectivity index (χ4v) is 2.80. The van der Waals surface area contributed by atoms with Gasteiger partial charge >= 0.3 is 0 Å². The molecule has 0 spiro atoms. The van der Waals surface area contributed by atoms with Crippen molar-refractivity contribution in [3.63, 3.8) is 0 Å². The number of imidazole rings is 1. The predicted molar refractivity (Wildman–Crippen MR) is 87.2 cm³/mol. The molecular weight excluding hydrogens is 292 g/mol. The number of nitrogens with one attached hydrogen (secondary N) is 1. The molecule has 0 bridgehead atoms. The van der Waals surface area contributed by atoms with Crippen LogP contribution in [0.1, 0.15) is 16.8 Å². The van der Waals surface area contributed by atoms with Crippen molar-refractivity contribution in [2.24, 2.45) is 5.73 Å². The number of H-pyrrole nitrogens is 1. The molecule has 1 aromatic carbocycles. The lowest BCUT2D eigenvalue weighted by atomic mass is 10.1. The summed E-state index contributed by atoms with van der Waals surface area (Å²) in [6.07, 6.45) is 3.79. The number of carbonyl (C=O) groups excluding carboxylic acids is 1. The largest absolute Gasteiger partial charge is 0.486 e. The van der Waals surface area contributed by atoms with E-state index in [-0.39, 0.29) is 12.0 Å². The number of hydrogen-bond acceptors (Lipinski definition) is 4. The smallest absolute Gasteiger partial charge is 0.240 e. The van der Waals surface area contributed by atoms with Crippen LogP contribution >= 0.6 is 0 Å². The van der Waals surface area contributed by atoms with Crippen LogP contribution in [0.3, 0.4) is 0 Å². The number of para-hydroxylation sites is 1. The fraction of sp³-hybridized carbons (Fsp3) is 0.412. The molecule has 1 atom stereocenters. The summed E-state index contributed by atoms with van der Waals surface area (Å²) in [5.74, 6) is 0.882. The number of benzene rings is 1. The maximum Gasteiger partial charge on any atom is 0.240 e. The molecule has 23 heavy (non-hydrogen) atoms. The number of ether oxygens (including phenoxy) is 1. The number of aromatic amines is 1. The number of carbonyl (C=O) groups is 1. The van der Waals surface area contributed by atoms with Gasteiger partial charge in [-0.1, -0.05) is 18.2 Å². The number of aromatic nitrogens is 2. The van der Waals surface area contributed by atoms with Crippen LogP contribution in [0, 0.1) is 13.8 Å². The number of aryl methyl sites for hydroxylation is 2. The monoisotopic (exact) mass is 314 g/mol. The van der Waals surface area contributed by atoms with Crippen LogP contribution in [0.15, 0.2) is 30.7 Å². The second-order valence-electron chi connectivity index (χ2n) is 6.09. The molecule has 3 N–H and O–H groups in total. The minimum Gasteiger partial charge on any atom is -0.486 e. The lowest BCUT2D eigenvalue weighted by molar-refractivity contribution is -0.141. The van der Waals surface area contributed by atoms with Gasteiger partial charge in [0.05, 0.1) is 25.5 Å². The third-order valence-corrected chi connectivity index (χ3v) is 4.16. The zero-order chi connectivity index (χ0) is 16.4. The summed E-state index contributed by atoms with van der Waals surface area (Å²) >= 11 is 0. The number of amides is 1. The second kappa shape index (κ2) is 6.42. The molecule has 6 heteroatoms. The van der Waals surface area contributed by atoms with Crippen LogP contribution in [-0.4, -0.2) is 46.0 Å². The van der Waals surface area contributed by atoms with E-state index in [2.05, 4.69) is 9.97 Å². The van der Waals surface area contributed by atoms with E-state index in [1.165, 1.54) is 0 Å². The Morgan fingerprint density at radius 3 is 2.74 bits per heavy atom. The van der Waals surface area contributed by atoms with E-state index in [4.69, 9.17) is 10.5 Å². The van der Waals surface area contributed by atoms with Gasteiger partial charge in [-0.25, -0.2) is 4.98 Å². The van der Waals surface area contributed by atoms with Crippen LogP contribution in [0.2, 0.25) is 0 Å². The minimum atomic E-state index is -0.545. The zero-order valence-electron chi connectivity index (χ0n) is 13.5. The number of nitrogens with zero attached hydrogens (tertiary/aromatic N) is 2.